The zero-order valence-electron chi connectivity index (χ0n) is 12.3. The van der Waals surface area contributed by atoms with Gasteiger partial charge in [0.15, 0.2) is 0 Å². The molecule has 0 spiro atoms. The van der Waals surface area contributed by atoms with E-state index < -0.39 is 10.8 Å². The van der Waals surface area contributed by atoms with Crippen molar-refractivity contribution in [1.82, 2.24) is 0 Å². The number of hydrogen-bond donors (Lipinski definition) is 1. The molecule has 21 heavy (non-hydrogen) atoms. The lowest BCUT2D eigenvalue weighted by Gasteiger charge is -2.16. The molecule has 2 rings (SSSR count). The van der Waals surface area contributed by atoms with Crippen molar-refractivity contribution in [3.63, 3.8) is 0 Å². The quantitative estimate of drug-likeness (QED) is 0.880. The van der Waals surface area contributed by atoms with Gasteiger partial charge in [0.2, 0.25) is 0 Å². The van der Waals surface area contributed by atoms with E-state index >= 15 is 0 Å². The number of anilines is 1. The Balaban J connectivity index is 2.01. The Morgan fingerprint density at radius 1 is 1.19 bits per heavy atom. The topological polar surface area (TPSA) is 29.1 Å². The molecule has 0 saturated carbocycles. The number of rotatable bonds is 6. The third kappa shape index (κ3) is 4.97. The summed E-state index contributed by atoms with van der Waals surface area (Å²) >= 11 is 0. The lowest BCUT2D eigenvalue weighted by Crippen LogP contribution is -2.18. The van der Waals surface area contributed by atoms with Gasteiger partial charge in [-0.15, -0.1) is 0 Å². The predicted molar refractivity (Wildman–Crippen MR) is 87.4 cm³/mol. The summed E-state index contributed by atoms with van der Waals surface area (Å²) in [6.07, 6.45) is 2.32. The maximum Gasteiger partial charge on any atom is 0.126 e. The zero-order chi connectivity index (χ0) is 15.2. The van der Waals surface area contributed by atoms with Gasteiger partial charge in [0.1, 0.15) is 5.82 Å². The molecule has 0 bridgehead atoms. The zero-order valence-corrected chi connectivity index (χ0v) is 13.1. The fourth-order valence-corrected chi connectivity index (χ4v) is 2.96. The molecule has 2 aromatic carbocycles. The van der Waals surface area contributed by atoms with Crippen molar-refractivity contribution in [3.05, 3.63) is 65.5 Å². The van der Waals surface area contributed by atoms with Crippen LogP contribution in [0.5, 0.6) is 0 Å². The van der Waals surface area contributed by atoms with Gasteiger partial charge < -0.3 is 5.32 Å². The highest BCUT2D eigenvalue weighted by Gasteiger charge is 2.08. The van der Waals surface area contributed by atoms with Crippen molar-refractivity contribution < 1.29 is 8.60 Å². The minimum Gasteiger partial charge on any atom is -0.382 e. The Labute approximate surface area is 127 Å². The van der Waals surface area contributed by atoms with E-state index in [4.69, 9.17) is 0 Å². The number of benzene rings is 2. The molecule has 2 nitrogen and oxygen atoms in total. The molecule has 0 amide bonds. The van der Waals surface area contributed by atoms with Crippen molar-refractivity contribution in [1.29, 1.82) is 0 Å². The SMILES string of the molecule is C[C@@H](Cc1ccccc1F)Nc1cccc(C[S@@](C)=O)c1. The van der Waals surface area contributed by atoms with Gasteiger partial charge in [-0.25, -0.2) is 4.39 Å². The highest BCUT2D eigenvalue weighted by Crippen LogP contribution is 2.16. The van der Waals surface area contributed by atoms with Crippen LogP contribution in [0.1, 0.15) is 18.1 Å². The average molecular weight is 305 g/mol. The first kappa shape index (κ1) is 15.7. The van der Waals surface area contributed by atoms with Crippen molar-refractivity contribution in [3.8, 4) is 0 Å². The molecule has 0 aliphatic rings. The molecule has 1 N–H and O–H groups in total. The van der Waals surface area contributed by atoms with Crippen molar-refractivity contribution in [2.24, 2.45) is 0 Å². The van der Waals surface area contributed by atoms with Crippen molar-refractivity contribution in [2.75, 3.05) is 11.6 Å². The van der Waals surface area contributed by atoms with Gasteiger partial charge in [-0.2, -0.15) is 0 Å². The molecule has 0 aliphatic heterocycles. The van der Waals surface area contributed by atoms with E-state index in [1.807, 2.05) is 43.3 Å². The second-order valence-corrected chi connectivity index (χ2v) is 6.69. The molecule has 0 unspecified atom stereocenters. The smallest absolute Gasteiger partial charge is 0.126 e. The van der Waals surface area contributed by atoms with Gasteiger partial charge in [0.25, 0.3) is 0 Å². The molecular weight excluding hydrogens is 285 g/mol. The van der Waals surface area contributed by atoms with Crippen molar-refractivity contribution >= 4 is 16.5 Å². The van der Waals surface area contributed by atoms with Gasteiger partial charge in [-0.1, -0.05) is 30.3 Å². The second kappa shape index (κ2) is 7.36. The number of nitrogens with one attached hydrogen (secondary N) is 1. The van der Waals surface area contributed by atoms with E-state index in [9.17, 15) is 8.60 Å². The van der Waals surface area contributed by atoms with Gasteiger partial charge in [0.05, 0.1) is 0 Å². The molecule has 0 aliphatic carbocycles. The standard InChI is InChI=1S/C17H20FNOS/c1-13(10-15-7-3-4-9-17(15)18)19-16-8-5-6-14(11-16)12-21(2)20/h3-9,11,13,19H,10,12H2,1-2H3/t13-,21+/m0/s1. The third-order valence-electron chi connectivity index (χ3n) is 3.19. The maximum absolute atomic E-state index is 13.6. The van der Waals surface area contributed by atoms with Crippen LogP contribution >= 0.6 is 0 Å². The summed E-state index contributed by atoms with van der Waals surface area (Å²) in [7, 11) is -0.849. The van der Waals surface area contributed by atoms with E-state index in [2.05, 4.69) is 5.32 Å². The van der Waals surface area contributed by atoms with Crippen LogP contribution in [0, 0.1) is 5.82 Å². The Morgan fingerprint density at radius 3 is 2.67 bits per heavy atom. The fraction of sp³-hybridized carbons (Fsp3) is 0.294. The van der Waals surface area contributed by atoms with Gasteiger partial charge in [-0.3, -0.25) is 4.21 Å². The molecule has 0 fully saturated rings. The summed E-state index contributed by atoms with van der Waals surface area (Å²) in [6.45, 7) is 2.02. The van der Waals surface area contributed by atoms with Crippen LogP contribution in [0.25, 0.3) is 0 Å². The largest absolute Gasteiger partial charge is 0.382 e. The average Bonchev–Trinajstić information content (AvgIpc) is 2.41. The van der Waals surface area contributed by atoms with Crippen LogP contribution in [0.3, 0.4) is 0 Å². The first-order valence-corrected chi connectivity index (χ1v) is 8.66. The molecule has 0 saturated heterocycles. The van der Waals surface area contributed by atoms with Crippen LogP contribution in [0.2, 0.25) is 0 Å². The molecule has 2 aromatic rings. The Kier molecular flexibility index (Phi) is 5.51. The fourth-order valence-electron chi connectivity index (χ4n) is 2.31. The van der Waals surface area contributed by atoms with Gasteiger partial charge in [-0.05, 0) is 42.7 Å². The Bertz CT molecular complexity index is 630. The summed E-state index contributed by atoms with van der Waals surface area (Å²) in [5, 5.41) is 3.37. The highest BCUT2D eigenvalue weighted by atomic mass is 32.2. The van der Waals surface area contributed by atoms with E-state index in [-0.39, 0.29) is 11.9 Å². The lowest BCUT2D eigenvalue weighted by molar-refractivity contribution is 0.601. The normalized spacial score (nSPS) is 13.7. The van der Waals surface area contributed by atoms with Gasteiger partial charge in [0, 0.05) is 34.5 Å². The Hall–Kier alpha value is -1.68. The van der Waals surface area contributed by atoms with Crippen LogP contribution < -0.4 is 5.32 Å². The monoisotopic (exact) mass is 305 g/mol. The van der Waals surface area contributed by atoms with E-state index in [1.165, 1.54) is 6.07 Å². The lowest BCUT2D eigenvalue weighted by atomic mass is 10.1. The summed E-state index contributed by atoms with van der Waals surface area (Å²) in [5.74, 6) is 0.387. The summed E-state index contributed by atoms with van der Waals surface area (Å²) in [6, 6.07) is 14.8. The van der Waals surface area contributed by atoms with E-state index in [0.717, 1.165) is 11.3 Å². The van der Waals surface area contributed by atoms with Gasteiger partial charge >= 0.3 is 0 Å². The first-order chi connectivity index (χ1) is 10.0. The first-order valence-electron chi connectivity index (χ1n) is 6.93. The molecule has 0 heterocycles. The summed E-state index contributed by atoms with van der Waals surface area (Å²) < 4.78 is 24.9. The molecule has 4 heteroatoms. The highest BCUT2D eigenvalue weighted by molar-refractivity contribution is 7.83. The minimum atomic E-state index is -0.849. The van der Waals surface area contributed by atoms with Crippen LogP contribution in [0.4, 0.5) is 10.1 Å². The minimum absolute atomic E-state index is 0.115. The maximum atomic E-state index is 13.6. The second-order valence-electron chi connectivity index (χ2n) is 5.26. The molecular formula is C17H20FNOS. The van der Waals surface area contributed by atoms with E-state index in [1.54, 1.807) is 12.3 Å². The predicted octanol–water partition coefficient (Wildman–Crippen LogP) is 3.75. The number of hydrogen-bond acceptors (Lipinski definition) is 2. The summed E-state index contributed by atoms with van der Waals surface area (Å²) in [4.78, 5) is 0. The third-order valence-corrected chi connectivity index (χ3v) is 3.93. The van der Waals surface area contributed by atoms with Crippen LogP contribution in [0.15, 0.2) is 48.5 Å². The molecule has 0 aromatic heterocycles. The number of halogens is 1. The van der Waals surface area contributed by atoms with Crippen LogP contribution in [-0.2, 0) is 23.0 Å². The molecule has 2 atom stereocenters. The molecule has 0 radical (unpaired) electrons. The Morgan fingerprint density at radius 2 is 1.95 bits per heavy atom. The van der Waals surface area contributed by atoms with Crippen molar-refractivity contribution in [2.45, 2.75) is 25.1 Å². The summed E-state index contributed by atoms with van der Waals surface area (Å²) in [5.41, 5.74) is 2.73. The van der Waals surface area contributed by atoms with Crippen LogP contribution in [-0.4, -0.2) is 16.5 Å². The molecule has 112 valence electrons. The van der Waals surface area contributed by atoms with E-state index in [0.29, 0.717) is 17.7 Å².